The van der Waals surface area contributed by atoms with E-state index < -0.39 is 36.8 Å². The molecule has 27 heavy (non-hydrogen) atoms. The maximum absolute atomic E-state index is 10.7. The fourth-order valence-electron chi connectivity index (χ4n) is 3.87. The number of hydrogen-bond acceptors (Lipinski definition) is 7. The van der Waals surface area contributed by atoms with E-state index in [0.717, 1.165) is 40.8 Å². The molecular formula is C20H30O7. The van der Waals surface area contributed by atoms with Crippen LogP contribution in [0, 0.1) is 20.8 Å². The molecule has 1 aromatic carbocycles. The summed E-state index contributed by atoms with van der Waals surface area (Å²) in [5.41, 5.74) is 1.95. The van der Waals surface area contributed by atoms with Crippen LogP contribution in [-0.2, 0) is 11.2 Å². The van der Waals surface area contributed by atoms with Gasteiger partial charge in [0.15, 0.2) is 5.60 Å². The highest BCUT2D eigenvalue weighted by atomic mass is 16.7. The molecule has 4 N–H and O–H groups in total. The monoisotopic (exact) mass is 382 g/mol. The lowest BCUT2D eigenvalue weighted by Gasteiger charge is -2.46. The van der Waals surface area contributed by atoms with Crippen LogP contribution in [0.4, 0.5) is 0 Å². The van der Waals surface area contributed by atoms with Gasteiger partial charge in [0.25, 0.3) is 0 Å². The second kappa shape index (κ2) is 7.22. The molecule has 1 saturated heterocycles. The van der Waals surface area contributed by atoms with Crippen molar-refractivity contribution < 1.29 is 34.6 Å². The lowest BCUT2D eigenvalue weighted by atomic mass is 9.88. The largest absolute Gasteiger partial charge is 0.490 e. The molecule has 6 atom stereocenters. The van der Waals surface area contributed by atoms with Crippen LogP contribution in [0.15, 0.2) is 0 Å². The molecular weight excluding hydrogens is 352 g/mol. The predicted molar refractivity (Wildman–Crippen MR) is 98.1 cm³/mol. The molecule has 0 amide bonds. The topological polar surface area (TPSA) is 109 Å². The molecule has 7 nitrogen and oxygen atoms in total. The Balaban J connectivity index is 1.99. The van der Waals surface area contributed by atoms with Gasteiger partial charge >= 0.3 is 0 Å². The minimum absolute atomic E-state index is 0.158. The zero-order chi connectivity index (χ0) is 20.1. The summed E-state index contributed by atoms with van der Waals surface area (Å²) in [5.74, 6) is 1.45. The molecule has 7 heteroatoms. The number of hydrogen-bond donors (Lipinski definition) is 4. The van der Waals surface area contributed by atoms with Crippen LogP contribution in [0.25, 0.3) is 0 Å². The van der Waals surface area contributed by atoms with Gasteiger partial charge in [0, 0.05) is 5.56 Å². The summed E-state index contributed by atoms with van der Waals surface area (Å²) in [6.45, 7) is 8.71. The maximum atomic E-state index is 10.7. The molecule has 1 aromatic rings. The van der Waals surface area contributed by atoms with Crippen LogP contribution in [0.1, 0.15) is 42.5 Å². The standard InChI is InChI=1S/C20H30O7/c1-9-6-7-13-12(4)16(10(2)11(3)17(13)25-9)27-19-20(5,24)18(23)15(22)14(8-21)26-19/h9,14-15,18-19,21-24H,6-8H2,1-5H3/t9?,14-,15-,18+,19-,20-/m1/s1. The summed E-state index contributed by atoms with van der Waals surface area (Å²) in [5, 5.41) is 40.4. The summed E-state index contributed by atoms with van der Waals surface area (Å²) >= 11 is 0. The first kappa shape index (κ1) is 20.4. The summed E-state index contributed by atoms with van der Waals surface area (Å²) in [6, 6.07) is 0. The number of aliphatic hydroxyl groups excluding tert-OH is 3. The van der Waals surface area contributed by atoms with Crippen molar-refractivity contribution in [3.63, 3.8) is 0 Å². The maximum Gasteiger partial charge on any atom is 0.231 e. The molecule has 0 aliphatic carbocycles. The van der Waals surface area contributed by atoms with E-state index in [1.807, 2.05) is 27.7 Å². The summed E-state index contributed by atoms with van der Waals surface area (Å²) < 4.78 is 17.7. The van der Waals surface area contributed by atoms with Gasteiger partial charge in [0.05, 0.1) is 12.7 Å². The molecule has 1 fully saturated rings. The number of aliphatic hydroxyl groups is 4. The van der Waals surface area contributed by atoms with Crippen molar-refractivity contribution in [2.75, 3.05) is 6.61 Å². The summed E-state index contributed by atoms with van der Waals surface area (Å²) in [7, 11) is 0. The van der Waals surface area contributed by atoms with Crippen LogP contribution < -0.4 is 9.47 Å². The van der Waals surface area contributed by atoms with E-state index in [9.17, 15) is 20.4 Å². The summed E-state index contributed by atoms with van der Waals surface area (Å²) in [4.78, 5) is 0. The van der Waals surface area contributed by atoms with Crippen molar-refractivity contribution in [1.82, 2.24) is 0 Å². The SMILES string of the molecule is Cc1c(C)c2c(c(C)c1O[C@H]1O[C@H](CO)[C@@H](O)[C@H](O)[C@@]1(C)O)CCC(C)O2. The Bertz CT molecular complexity index is 715. The van der Waals surface area contributed by atoms with Gasteiger partial charge in [0.1, 0.15) is 29.8 Å². The molecule has 2 heterocycles. The smallest absolute Gasteiger partial charge is 0.231 e. The van der Waals surface area contributed by atoms with Gasteiger partial charge < -0.3 is 34.6 Å². The summed E-state index contributed by atoms with van der Waals surface area (Å²) in [6.07, 6.45) is -3.29. The molecule has 0 aromatic heterocycles. The average molecular weight is 382 g/mol. The predicted octanol–water partition coefficient (Wildman–Crippen LogP) is 0.894. The number of rotatable bonds is 3. The Labute approximate surface area is 159 Å². The number of fused-ring (bicyclic) bond motifs is 1. The first-order valence-corrected chi connectivity index (χ1v) is 9.40. The van der Waals surface area contributed by atoms with Crippen LogP contribution in [0.2, 0.25) is 0 Å². The van der Waals surface area contributed by atoms with E-state index in [1.54, 1.807) is 0 Å². The van der Waals surface area contributed by atoms with E-state index >= 15 is 0 Å². The van der Waals surface area contributed by atoms with Crippen molar-refractivity contribution in [3.8, 4) is 11.5 Å². The average Bonchev–Trinajstić information content (AvgIpc) is 2.63. The Kier molecular flexibility index (Phi) is 5.44. The Hall–Kier alpha value is -1.38. The second-order valence-corrected chi connectivity index (χ2v) is 7.95. The lowest BCUT2D eigenvalue weighted by molar-refractivity contribution is -0.315. The first-order valence-electron chi connectivity index (χ1n) is 9.40. The number of ether oxygens (including phenoxy) is 3. The van der Waals surface area contributed by atoms with E-state index in [2.05, 4.69) is 0 Å². The van der Waals surface area contributed by atoms with Gasteiger partial charge in [-0.25, -0.2) is 0 Å². The van der Waals surface area contributed by atoms with E-state index in [0.29, 0.717) is 5.75 Å². The van der Waals surface area contributed by atoms with E-state index in [-0.39, 0.29) is 6.10 Å². The quantitative estimate of drug-likeness (QED) is 0.615. The molecule has 0 bridgehead atoms. The fourth-order valence-corrected chi connectivity index (χ4v) is 3.87. The van der Waals surface area contributed by atoms with Crippen LogP contribution in [0.5, 0.6) is 11.5 Å². The van der Waals surface area contributed by atoms with Crippen LogP contribution in [-0.4, -0.2) is 63.3 Å². The first-order chi connectivity index (χ1) is 12.6. The van der Waals surface area contributed by atoms with Gasteiger partial charge in [-0.15, -0.1) is 0 Å². The molecule has 1 unspecified atom stereocenters. The molecule has 0 spiro atoms. The van der Waals surface area contributed by atoms with Crippen molar-refractivity contribution in [2.45, 2.75) is 83.8 Å². The zero-order valence-electron chi connectivity index (χ0n) is 16.5. The van der Waals surface area contributed by atoms with Crippen molar-refractivity contribution in [2.24, 2.45) is 0 Å². The van der Waals surface area contributed by atoms with Crippen molar-refractivity contribution >= 4 is 0 Å². The molecule has 2 aliphatic heterocycles. The molecule has 0 saturated carbocycles. The second-order valence-electron chi connectivity index (χ2n) is 7.95. The van der Waals surface area contributed by atoms with Crippen LogP contribution >= 0.6 is 0 Å². The van der Waals surface area contributed by atoms with Gasteiger partial charge in [-0.2, -0.15) is 0 Å². The third-order valence-corrected chi connectivity index (χ3v) is 5.91. The van der Waals surface area contributed by atoms with E-state index in [1.165, 1.54) is 6.92 Å². The van der Waals surface area contributed by atoms with Gasteiger partial charge in [-0.05, 0) is 64.2 Å². The highest BCUT2D eigenvalue weighted by molar-refractivity contribution is 5.58. The number of benzene rings is 1. The Morgan fingerprint density at radius 1 is 1.15 bits per heavy atom. The van der Waals surface area contributed by atoms with Gasteiger partial charge in [-0.3, -0.25) is 0 Å². The lowest BCUT2D eigenvalue weighted by Crippen LogP contribution is -2.66. The van der Waals surface area contributed by atoms with Crippen molar-refractivity contribution in [3.05, 3.63) is 22.3 Å². The normalized spacial score (nSPS) is 36.1. The fraction of sp³-hybridized carbons (Fsp3) is 0.700. The molecule has 3 rings (SSSR count). The van der Waals surface area contributed by atoms with Gasteiger partial charge in [0.2, 0.25) is 6.29 Å². The van der Waals surface area contributed by atoms with Crippen LogP contribution in [0.3, 0.4) is 0 Å². The van der Waals surface area contributed by atoms with Crippen molar-refractivity contribution in [1.29, 1.82) is 0 Å². The van der Waals surface area contributed by atoms with Gasteiger partial charge in [-0.1, -0.05) is 0 Å². The molecule has 152 valence electrons. The Morgan fingerprint density at radius 3 is 2.44 bits per heavy atom. The zero-order valence-corrected chi connectivity index (χ0v) is 16.5. The van der Waals surface area contributed by atoms with E-state index in [4.69, 9.17) is 14.2 Å². The minimum atomic E-state index is -1.85. The molecule has 0 radical (unpaired) electrons. The third-order valence-electron chi connectivity index (χ3n) is 5.91. The molecule has 2 aliphatic rings. The highest BCUT2D eigenvalue weighted by Gasteiger charge is 2.53. The third kappa shape index (κ3) is 3.32. The minimum Gasteiger partial charge on any atom is -0.490 e. The highest BCUT2D eigenvalue weighted by Crippen LogP contribution is 2.43. The Morgan fingerprint density at radius 2 is 1.81 bits per heavy atom.